The topological polar surface area (TPSA) is 169 Å². The Morgan fingerprint density at radius 2 is 1.03 bits per heavy atom. The van der Waals surface area contributed by atoms with E-state index in [1.807, 2.05) is 0 Å². The summed E-state index contributed by atoms with van der Waals surface area (Å²) in [4.78, 5) is 61.4. The number of nitrogens with one attached hydrogen (secondary N) is 2. The molecule has 0 rings (SSSR count). The van der Waals surface area contributed by atoms with Crippen LogP contribution >= 0.6 is 0 Å². The highest BCUT2D eigenvalue weighted by Crippen LogP contribution is 1.98. The summed E-state index contributed by atoms with van der Waals surface area (Å²) in [6.45, 7) is -0.301. The molecule has 0 aliphatic heterocycles. The Hall–Kier alpha value is -2.77. The number of rotatable bonds is 16. The first-order valence-corrected chi connectivity index (χ1v) is 9.19. The van der Waals surface area contributed by atoms with Crippen molar-refractivity contribution in [3.63, 3.8) is 0 Å². The van der Waals surface area contributed by atoms with Crippen molar-refractivity contribution in [3.05, 3.63) is 0 Å². The van der Waals surface area contributed by atoms with Crippen molar-refractivity contribution in [3.8, 4) is 0 Å². The Labute approximate surface area is 174 Å². The third kappa shape index (κ3) is 13.4. The van der Waals surface area contributed by atoms with Crippen molar-refractivity contribution in [1.29, 1.82) is 0 Å². The van der Waals surface area contributed by atoms with Gasteiger partial charge in [0.25, 0.3) is 0 Å². The Morgan fingerprint density at radius 1 is 0.667 bits per heavy atom. The van der Waals surface area contributed by atoms with Crippen LogP contribution in [-0.4, -0.2) is 135 Å². The molecule has 13 heteroatoms. The van der Waals surface area contributed by atoms with Crippen molar-refractivity contribution >= 4 is 29.7 Å². The molecule has 0 aliphatic rings. The molecule has 172 valence electrons. The summed E-state index contributed by atoms with van der Waals surface area (Å²) < 4.78 is 4.66. The molecule has 0 bridgehead atoms. The predicted molar refractivity (Wildman–Crippen MR) is 105 cm³/mol. The molecule has 0 aromatic heterocycles. The molecule has 13 nitrogen and oxygen atoms in total. The van der Waals surface area contributed by atoms with Gasteiger partial charge in [-0.1, -0.05) is 0 Å². The highest BCUT2D eigenvalue weighted by atomic mass is 16.5. The minimum absolute atomic E-state index is 0.113. The molecule has 0 unspecified atom stereocenters. The summed E-state index contributed by atoms with van der Waals surface area (Å²) in [6, 6.07) is 0. The standard InChI is InChI=1S/C17H31N5O8/c1-18-13(23)8-21(10-15(25)26)6-4-20(12-17(29)30-3)5-7-22(11-16(27)28)9-14(24)19-2/h4-12H2,1-3H3,(H,18,23)(H,19,24)(H,25,26)(H,27,28). The van der Waals surface area contributed by atoms with Crippen LogP contribution in [0.3, 0.4) is 0 Å². The van der Waals surface area contributed by atoms with Crippen LogP contribution in [0.2, 0.25) is 0 Å². The number of methoxy groups -OCH3 is 1. The van der Waals surface area contributed by atoms with E-state index in [1.165, 1.54) is 31.0 Å². The van der Waals surface area contributed by atoms with Gasteiger partial charge in [0.05, 0.1) is 39.8 Å². The van der Waals surface area contributed by atoms with Gasteiger partial charge in [-0.25, -0.2) is 0 Å². The molecule has 0 aromatic carbocycles. The lowest BCUT2D eigenvalue weighted by Crippen LogP contribution is -2.47. The SMILES string of the molecule is CNC(=O)CN(CCN(CCN(CC(=O)O)CC(=O)NC)CC(=O)OC)CC(=O)O. The van der Waals surface area contributed by atoms with Gasteiger partial charge in [-0.2, -0.15) is 0 Å². The van der Waals surface area contributed by atoms with Gasteiger partial charge in [0.2, 0.25) is 11.8 Å². The highest BCUT2D eigenvalue weighted by molar-refractivity contribution is 5.79. The van der Waals surface area contributed by atoms with Crippen LogP contribution in [0.1, 0.15) is 0 Å². The van der Waals surface area contributed by atoms with Crippen LogP contribution in [-0.2, 0) is 28.7 Å². The normalized spacial score (nSPS) is 10.9. The zero-order valence-electron chi connectivity index (χ0n) is 17.5. The van der Waals surface area contributed by atoms with E-state index in [1.54, 1.807) is 4.90 Å². The summed E-state index contributed by atoms with van der Waals surface area (Å²) in [7, 11) is 4.10. The number of carbonyl (C=O) groups excluding carboxylic acids is 3. The molecule has 0 aliphatic carbocycles. The molecule has 0 radical (unpaired) electrons. The molecule has 4 N–H and O–H groups in total. The van der Waals surface area contributed by atoms with Crippen molar-refractivity contribution in [2.24, 2.45) is 0 Å². The number of ether oxygens (including phenoxy) is 1. The van der Waals surface area contributed by atoms with Gasteiger partial charge < -0.3 is 25.6 Å². The fourth-order valence-electron chi connectivity index (χ4n) is 2.46. The van der Waals surface area contributed by atoms with Crippen LogP contribution in [0.4, 0.5) is 0 Å². The Balaban J connectivity index is 5.06. The average molecular weight is 433 g/mol. The summed E-state index contributed by atoms with van der Waals surface area (Å²) in [6.07, 6.45) is 0. The van der Waals surface area contributed by atoms with Gasteiger partial charge in [0, 0.05) is 40.3 Å². The first-order chi connectivity index (χ1) is 14.1. The van der Waals surface area contributed by atoms with Crippen LogP contribution in [0.15, 0.2) is 0 Å². The number of likely N-dealkylation sites (N-methyl/N-ethyl adjacent to an activating group) is 2. The first-order valence-electron chi connectivity index (χ1n) is 9.19. The fraction of sp³-hybridized carbons (Fsp3) is 0.706. The van der Waals surface area contributed by atoms with E-state index in [0.29, 0.717) is 0 Å². The van der Waals surface area contributed by atoms with E-state index in [4.69, 9.17) is 10.2 Å². The molecule has 0 atom stereocenters. The van der Waals surface area contributed by atoms with E-state index in [9.17, 15) is 24.0 Å². The van der Waals surface area contributed by atoms with E-state index in [0.717, 1.165) is 0 Å². The number of carboxylic acid groups (broad SMARTS) is 2. The lowest BCUT2D eigenvalue weighted by Gasteiger charge is -2.28. The monoisotopic (exact) mass is 433 g/mol. The summed E-state index contributed by atoms with van der Waals surface area (Å²) in [5.41, 5.74) is 0. The van der Waals surface area contributed by atoms with E-state index in [2.05, 4.69) is 15.4 Å². The number of carbonyl (C=O) groups is 5. The van der Waals surface area contributed by atoms with Crippen molar-refractivity contribution in [2.45, 2.75) is 0 Å². The molecule has 2 amide bonds. The van der Waals surface area contributed by atoms with Gasteiger partial charge in [-0.15, -0.1) is 0 Å². The Kier molecular flexibility index (Phi) is 13.7. The molecular formula is C17H31N5O8. The van der Waals surface area contributed by atoms with Crippen LogP contribution in [0.25, 0.3) is 0 Å². The second-order valence-corrected chi connectivity index (χ2v) is 6.41. The summed E-state index contributed by atoms with van der Waals surface area (Å²) in [5, 5.41) is 22.9. The lowest BCUT2D eigenvalue weighted by molar-refractivity contribution is -0.143. The highest BCUT2D eigenvalue weighted by Gasteiger charge is 2.19. The number of hydrogen-bond acceptors (Lipinski definition) is 9. The third-order valence-corrected chi connectivity index (χ3v) is 4.06. The summed E-state index contributed by atoms with van der Waals surface area (Å²) >= 11 is 0. The minimum atomic E-state index is -1.10. The number of hydrogen-bond donors (Lipinski definition) is 4. The molecule has 0 heterocycles. The molecule has 0 fully saturated rings. The average Bonchev–Trinajstić information content (AvgIpc) is 2.68. The Morgan fingerprint density at radius 3 is 1.33 bits per heavy atom. The second-order valence-electron chi connectivity index (χ2n) is 6.41. The molecule has 0 aromatic rings. The largest absolute Gasteiger partial charge is 0.480 e. The zero-order valence-corrected chi connectivity index (χ0v) is 17.5. The quantitative estimate of drug-likeness (QED) is 0.180. The smallest absolute Gasteiger partial charge is 0.319 e. The number of nitrogens with zero attached hydrogens (tertiary/aromatic N) is 3. The maximum absolute atomic E-state index is 11.7. The van der Waals surface area contributed by atoms with Gasteiger partial charge in [0.1, 0.15) is 0 Å². The molecule has 0 saturated heterocycles. The maximum Gasteiger partial charge on any atom is 0.319 e. The van der Waals surface area contributed by atoms with Gasteiger partial charge in [0.15, 0.2) is 0 Å². The van der Waals surface area contributed by atoms with Crippen LogP contribution in [0, 0.1) is 0 Å². The van der Waals surface area contributed by atoms with Crippen molar-refractivity contribution in [1.82, 2.24) is 25.3 Å². The fourth-order valence-corrected chi connectivity index (χ4v) is 2.46. The Bertz CT molecular complexity index is 559. The van der Waals surface area contributed by atoms with Crippen molar-refractivity contribution < 1.29 is 38.9 Å². The number of aliphatic carboxylic acids is 2. The zero-order chi connectivity index (χ0) is 23.1. The second kappa shape index (κ2) is 15.1. The van der Waals surface area contributed by atoms with Crippen LogP contribution < -0.4 is 10.6 Å². The predicted octanol–water partition coefficient (Wildman–Crippen LogP) is -3.27. The summed E-state index contributed by atoms with van der Waals surface area (Å²) in [5.74, 6) is -3.43. The van der Waals surface area contributed by atoms with Gasteiger partial charge in [-0.05, 0) is 0 Å². The molecular weight excluding hydrogens is 402 g/mol. The molecule has 30 heavy (non-hydrogen) atoms. The van der Waals surface area contributed by atoms with E-state index < -0.39 is 17.9 Å². The third-order valence-electron chi connectivity index (χ3n) is 4.06. The van der Waals surface area contributed by atoms with Crippen LogP contribution in [0.5, 0.6) is 0 Å². The number of carboxylic acids is 2. The van der Waals surface area contributed by atoms with Gasteiger partial charge in [-0.3, -0.25) is 38.7 Å². The van der Waals surface area contributed by atoms with E-state index >= 15 is 0 Å². The van der Waals surface area contributed by atoms with E-state index in [-0.39, 0.29) is 70.7 Å². The van der Waals surface area contributed by atoms with Gasteiger partial charge >= 0.3 is 17.9 Å². The minimum Gasteiger partial charge on any atom is -0.480 e. The first kappa shape index (κ1) is 27.2. The number of amides is 2. The molecule has 0 saturated carbocycles. The van der Waals surface area contributed by atoms with Crippen molar-refractivity contribution in [2.75, 3.05) is 80.1 Å². The maximum atomic E-state index is 11.7. The lowest BCUT2D eigenvalue weighted by atomic mass is 10.3. The number of esters is 1. The molecule has 0 spiro atoms.